The number of hydrogen-bond acceptors (Lipinski definition) is 3. The second-order valence-electron chi connectivity index (χ2n) is 3.95. The number of sulfonamides is 1. The Hall–Kier alpha value is -0.400. The summed E-state index contributed by atoms with van der Waals surface area (Å²) in [6.45, 7) is 7.33. The van der Waals surface area contributed by atoms with Gasteiger partial charge in [-0.2, -0.15) is 4.31 Å². The summed E-state index contributed by atoms with van der Waals surface area (Å²) in [5.41, 5.74) is 0. The molecule has 1 rings (SSSR count). The lowest BCUT2D eigenvalue weighted by Gasteiger charge is -2.18. The smallest absolute Gasteiger partial charge is 0.262 e. The van der Waals surface area contributed by atoms with Crippen molar-refractivity contribution in [1.82, 2.24) is 13.9 Å². The average Bonchev–Trinajstić information content (AvgIpc) is 2.72. The molecule has 18 heavy (non-hydrogen) atoms. The molecule has 0 radical (unpaired) electrons. The highest BCUT2D eigenvalue weighted by atomic mass is 79.9. The molecule has 5 nitrogen and oxygen atoms in total. The van der Waals surface area contributed by atoms with Crippen LogP contribution >= 0.6 is 15.9 Å². The molecule has 0 bridgehead atoms. The van der Waals surface area contributed by atoms with Gasteiger partial charge in [-0.3, -0.25) is 0 Å². The van der Waals surface area contributed by atoms with E-state index < -0.39 is 10.0 Å². The van der Waals surface area contributed by atoms with Gasteiger partial charge in [-0.05, 0) is 20.3 Å². The summed E-state index contributed by atoms with van der Waals surface area (Å²) in [5.74, 6) is 0.729. The van der Waals surface area contributed by atoms with Crippen LogP contribution < -0.4 is 0 Å². The van der Waals surface area contributed by atoms with E-state index in [-0.39, 0.29) is 5.03 Å². The molecule has 0 aliphatic heterocycles. The van der Waals surface area contributed by atoms with Gasteiger partial charge in [-0.1, -0.05) is 22.9 Å². The van der Waals surface area contributed by atoms with Crippen LogP contribution in [0.2, 0.25) is 0 Å². The quantitative estimate of drug-likeness (QED) is 0.715. The molecule has 0 saturated heterocycles. The molecule has 0 aliphatic carbocycles. The van der Waals surface area contributed by atoms with E-state index in [2.05, 4.69) is 20.9 Å². The second-order valence-corrected chi connectivity index (χ2v) is 6.63. The monoisotopic (exact) mass is 337 g/mol. The van der Waals surface area contributed by atoms with Crippen LogP contribution in [-0.4, -0.2) is 40.7 Å². The molecule has 1 aromatic rings. The van der Waals surface area contributed by atoms with Gasteiger partial charge in [0.05, 0.1) is 0 Å². The van der Waals surface area contributed by atoms with Gasteiger partial charge in [0.1, 0.15) is 5.82 Å². The normalized spacial score (nSPS) is 12.3. The maximum absolute atomic E-state index is 12.4. The van der Waals surface area contributed by atoms with Crippen molar-refractivity contribution in [2.45, 2.75) is 38.8 Å². The second kappa shape index (κ2) is 6.68. The lowest BCUT2D eigenvalue weighted by molar-refractivity contribution is 0.426. The van der Waals surface area contributed by atoms with Crippen molar-refractivity contribution in [1.29, 1.82) is 0 Å². The zero-order valence-corrected chi connectivity index (χ0v) is 13.5. The van der Waals surface area contributed by atoms with Gasteiger partial charge in [-0.25, -0.2) is 13.4 Å². The van der Waals surface area contributed by atoms with E-state index in [0.29, 0.717) is 13.1 Å². The first-order valence-electron chi connectivity index (χ1n) is 6.07. The first-order valence-corrected chi connectivity index (χ1v) is 8.63. The maximum Gasteiger partial charge on any atom is 0.262 e. The molecule has 0 unspecified atom stereocenters. The third-order valence-corrected chi connectivity index (χ3v) is 5.20. The summed E-state index contributed by atoms with van der Waals surface area (Å²) < 4.78 is 28.1. The number of aryl methyl sites for hydroxylation is 2. The summed E-state index contributed by atoms with van der Waals surface area (Å²) in [6, 6.07) is 0. The van der Waals surface area contributed by atoms with E-state index in [0.717, 1.165) is 24.1 Å². The first-order chi connectivity index (χ1) is 8.47. The fourth-order valence-electron chi connectivity index (χ4n) is 1.74. The van der Waals surface area contributed by atoms with Crippen molar-refractivity contribution in [2.24, 2.45) is 0 Å². The van der Waals surface area contributed by atoms with E-state index in [9.17, 15) is 8.42 Å². The Balaban J connectivity index is 3.02. The molecular formula is C11H20BrN3O2S. The molecule has 0 fully saturated rings. The van der Waals surface area contributed by atoms with Gasteiger partial charge < -0.3 is 4.57 Å². The van der Waals surface area contributed by atoms with Crippen molar-refractivity contribution in [3.63, 3.8) is 0 Å². The highest BCUT2D eigenvalue weighted by Crippen LogP contribution is 2.15. The molecular weight excluding hydrogens is 318 g/mol. The van der Waals surface area contributed by atoms with Crippen LogP contribution in [0.5, 0.6) is 0 Å². The van der Waals surface area contributed by atoms with E-state index >= 15 is 0 Å². The maximum atomic E-state index is 12.4. The number of imidazole rings is 1. The summed E-state index contributed by atoms with van der Waals surface area (Å²) >= 11 is 3.32. The average molecular weight is 338 g/mol. The van der Waals surface area contributed by atoms with E-state index in [1.807, 2.05) is 25.3 Å². The third-order valence-electron chi connectivity index (χ3n) is 2.79. The van der Waals surface area contributed by atoms with Gasteiger partial charge in [0.25, 0.3) is 10.0 Å². The van der Waals surface area contributed by atoms with Gasteiger partial charge in [-0.15, -0.1) is 0 Å². The Bertz CT molecular complexity index is 484. The van der Waals surface area contributed by atoms with Gasteiger partial charge in [0, 0.05) is 31.2 Å². The molecule has 0 N–H and O–H groups in total. The van der Waals surface area contributed by atoms with Gasteiger partial charge >= 0.3 is 0 Å². The van der Waals surface area contributed by atoms with Crippen LogP contribution in [0.1, 0.15) is 26.1 Å². The van der Waals surface area contributed by atoms with Crippen molar-refractivity contribution in [3.05, 3.63) is 12.0 Å². The Morgan fingerprint density at radius 1 is 1.44 bits per heavy atom. The van der Waals surface area contributed by atoms with Crippen LogP contribution in [0.3, 0.4) is 0 Å². The molecule has 0 atom stereocenters. The van der Waals surface area contributed by atoms with Crippen molar-refractivity contribution in [3.8, 4) is 0 Å². The molecule has 0 aromatic carbocycles. The molecule has 0 aliphatic rings. The summed E-state index contributed by atoms with van der Waals surface area (Å²) in [5, 5.41) is 0.944. The van der Waals surface area contributed by atoms with Crippen molar-refractivity contribution in [2.75, 3.05) is 18.4 Å². The fourth-order valence-corrected chi connectivity index (χ4v) is 3.47. The predicted molar refractivity (Wildman–Crippen MR) is 75.5 cm³/mol. The lowest BCUT2D eigenvalue weighted by Crippen LogP contribution is -2.32. The van der Waals surface area contributed by atoms with Crippen molar-refractivity contribution < 1.29 is 8.42 Å². The number of hydrogen-bond donors (Lipinski definition) is 0. The van der Waals surface area contributed by atoms with E-state index in [1.165, 1.54) is 4.31 Å². The number of nitrogens with zero attached hydrogens (tertiary/aromatic N) is 3. The standard InChI is InChI=1S/C11H20BrN3O2S/c1-4-14-9-11(13-10(14)3)18(16,17)15(5-2)8-6-7-12/h9H,4-8H2,1-3H3. The molecule has 1 heterocycles. The highest BCUT2D eigenvalue weighted by molar-refractivity contribution is 9.09. The Morgan fingerprint density at radius 2 is 2.11 bits per heavy atom. The highest BCUT2D eigenvalue weighted by Gasteiger charge is 2.25. The number of aromatic nitrogens is 2. The van der Waals surface area contributed by atoms with E-state index in [1.54, 1.807) is 6.20 Å². The topological polar surface area (TPSA) is 55.2 Å². The minimum Gasteiger partial charge on any atom is -0.334 e. The molecule has 0 spiro atoms. The fraction of sp³-hybridized carbons (Fsp3) is 0.727. The molecule has 7 heteroatoms. The molecule has 0 saturated carbocycles. The van der Waals surface area contributed by atoms with E-state index in [4.69, 9.17) is 0 Å². The SMILES string of the molecule is CCN(CCCBr)S(=O)(=O)c1cn(CC)c(C)n1. The lowest BCUT2D eigenvalue weighted by atomic mass is 10.5. The van der Waals surface area contributed by atoms with Crippen LogP contribution in [-0.2, 0) is 16.6 Å². The first kappa shape index (κ1) is 15.7. The number of rotatable bonds is 7. The minimum atomic E-state index is -3.45. The zero-order valence-electron chi connectivity index (χ0n) is 11.1. The van der Waals surface area contributed by atoms with Crippen molar-refractivity contribution >= 4 is 26.0 Å². The minimum absolute atomic E-state index is 0.151. The Labute approximate surface area is 117 Å². The summed E-state index contributed by atoms with van der Waals surface area (Å²) in [6.07, 6.45) is 2.40. The largest absolute Gasteiger partial charge is 0.334 e. The third kappa shape index (κ3) is 3.33. The summed E-state index contributed by atoms with van der Waals surface area (Å²) in [4.78, 5) is 4.15. The summed E-state index contributed by atoms with van der Waals surface area (Å²) in [7, 11) is -3.45. The number of alkyl halides is 1. The number of halogens is 1. The zero-order chi connectivity index (χ0) is 13.8. The molecule has 1 aromatic heterocycles. The molecule has 104 valence electrons. The van der Waals surface area contributed by atoms with Crippen LogP contribution in [0.15, 0.2) is 11.2 Å². The Morgan fingerprint density at radius 3 is 2.56 bits per heavy atom. The van der Waals surface area contributed by atoms with Crippen LogP contribution in [0.4, 0.5) is 0 Å². The molecule has 0 amide bonds. The van der Waals surface area contributed by atoms with Crippen LogP contribution in [0.25, 0.3) is 0 Å². The Kier molecular flexibility index (Phi) is 5.81. The van der Waals surface area contributed by atoms with Gasteiger partial charge in [0.15, 0.2) is 5.03 Å². The van der Waals surface area contributed by atoms with Crippen LogP contribution in [0, 0.1) is 6.92 Å². The van der Waals surface area contributed by atoms with Gasteiger partial charge in [0.2, 0.25) is 0 Å². The predicted octanol–water partition coefficient (Wildman–Crippen LogP) is 2.01.